The van der Waals surface area contributed by atoms with E-state index in [1.165, 1.54) is 24.3 Å². The largest absolute Gasteiger partial charge is 0.507 e. The van der Waals surface area contributed by atoms with Gasteiger partial charge < -0.3 is 5.11 Å². The van der Waals surface area contributed by atoms with Crippen molar-refractivity contribution in [3.8, 4) is 78.6 Å². The summed E-state index contributed by atoms with van der Waals surface area (Å²) in [5.41, 5.74) is 7.20. The summed E-state index contributed by atoms with van der Waals surface area (Å²) in [7, 11) is 0. The molecule has 0 amide bonds. The molecular weight excluding hydrogens is 791 g/mol. The second kappa shape index (κ2) is 16.5. The van der Waals surface area contributed by atoms with Crippen molar-refractivity contribution in [3.05, 3.63) is 192 Å². The van der Waals surface area contributed by atoms with Crippen LogP contribution in [0.15, 0.2) is 170 Å². The minimum absolute atomic E-state index is 0.0685. The maximum atomic E-state index is 12.5. The van der Waals surface area contributed by atoms with Gasteiger partial charge in [0, 0.05) is 45.0 Å². The van der Waals surface area contributed by atoms with Crippen LogP contribution in [0, 0.1) is 6.85 Å². The number of rotatable bonds is 7. The summed E-state index contributed by atoms with van der Waals surface area (Å²) < 4.78 is 102. The molecule has 0 unspecified atom stereocenters. The van der Waals surface area contributed by atoms with Gasteiger partial charge in [0.25, 0.3) is 0 Å². The van der Waals surface area contributed by atoms with Gasteiger partial charge in [-0.05, 0) is 133 Å². The number of benzene rings is 7. The van der Waals surface area contributed by atoms with Crippen molar-refractivity contribution in [1.29, 1.82) is 0 Å². The van der Waals surface area contributed by atoms with E-state index in [2.05, 4.69) is 53.7 Å². The van der Waals surface area contributed by atoms with Crippen LogP contribution in [0.1, 0.15) is 101 Å². The lowest BCUT2D eigenvalue weighted by atomic mass is 9.79. The first-order chi connectivity index (χ1) is 35.9. The summed E-state index contributed by atoms with van der Waals surface area (Å²) >= 11 is 0. The first kappa shape index (κ1) is 30.9. The second-order valence-corrected chi connectivity index (χ2v) is 18.9. The van der Waals surface area contributed by atoms with Crippen molar-refractivity contribution in [1.82, 2.24) is 14.5 Å². The topological polar surface area (TPSA) is 50.9 Å². The summed E-state index contributed by atoms with van der Waals surface area (Å²) in [6.07, 6.45) is 1.64. The van der Waals surface area contributed by atoms with Crippen molar-refractivity contribution in [2.24, 2.45) is 0 Å². The minimum Gasteiger partial charge on any atom is -0.507 e. The molecule has 0 aliphatic heterocycles. The molecule has 9 rings (SSSR count). The third-order valence-electron chi connectivity index (χ3n) is 12.1. The van der Waals surface area contributed by atoms with E-state index in [0.29, 0.717) is 50.5 Å². The van der Waals surface area contributed by atoms with Crippen LogP contribution in [0.3, 0.4) is 0 Å². The van der Waals surface area contributed by atoms with E-state index in [-0.39, 0.29) is 22.3 Å². The average Bonchev–Trinajstić information content (AvgIpc) is 3.75. The van der Waals surface area contributed by atoms with Crippen LogP contribution in [0.4, 0.5) is 0 Å². The Kier molecular flexibility index (Phi) is 7.86. The maximum Gasteiger partial charge on any atom is 0.149 e. The van der Waals surface area contributed by atoms with Crippen molar-refractivity contribution in [3.63, 3.8) is 0 Å². The molecule has 0 radical (unpaired) electrons. The van der Waals surface area contributed by atoms with Gasteiger partial charge in [-0.25, -0.2) is 4.98 Å². The van der Waals surface area contributed by atoms with Crippen molar-refractivity contribution in [2.75, 3.05) is 0 Å². The summed E-state index contributed by atoms with van der Waals surface area (Å²) in [5.74, 6) is 0.482. The molecule has 2 aromatic heterocycles. The number of nitrogens with zero attached hydrogens (tertiary/aromatic N) is 3. The molecule has 4 nitrogen and oxygen atoms in total. The molecule has 0 spiro atoms. The molecular formula is C61H59N3O. The number of aromatic hydroxyl groups is 1. The van der Waals surface area contributed by atoms with E-state index >= 15 is 0 Å². The second-order valence-electron chi connectivity index (χ2n) is 18.9. The Morgan fingerprint density at radius 3 is 1.78 bits per heavy atom. The van der Waals surface area contributed by atoms with Crippen LogP contribution in [-0.4, -0.2) is 19.6 Å². The number of phenolic OH excluding ortho intramolecular Hbond substituents is 1. The highest BCUT2D eigenvalue weighted by atomic mass is 16.3. The monoisotopic (exact) mass is 862 g/mol. The van der Waals surface area contributed by atoms with E-state index in [4.69, 9.17) is 26.4 Å². The van der Waals surface area contributed by atoms with E-state index in [9.17, 15) is 5.11 Å². The Morgan fingerprint density at radius 2 is 1.14 bits per heavy atom. The normalized spacial score (nSPS) is 15.7. The number of phenols is 1. The molecule has 324 valence electrons. The molecule has 0 saturated heterocycles. The van der Waals surface area contributed by atoms with Gasteiger partial charge in [0.2, 0.25) is 0 Å². The van der Waals surface area contributed by atoms with E-state index < -0.39 is 38.2 Å². The molecule has 65 heavy (non-hydrogen) atoms. The lowest BCUT2D eigenvalue weighted by molar-refractivity contribution is 0.446. The molecule has 7 aromatic carbocycles. The third-order valence-corrected chi connectivity index (χ3v) is 12.1. The lowest BCUT2D eigenvalue weighted by Crippen LogP contribution is -2.17. The fourth-order valence-corrected chi connectivity index (χ4v) is 8.53. The molecule has 1 N–H and O–H groups in total. The Labute approximate surface area is 402 Å². The number of pyridine rings is 1. The molecule has 0 fully saturated rings. The number of imidazole rings is 1. The average molecular weight is 862 g/mol. The predicted octanol–water partition coefficient (Wildman–Crippen LogP) is 16.3. The van der Waals surface area contributed by atoms with Crippen molar-refractivity contribution in [2.45, 2.75) is 85.2 Å². The van der Waals surface area contributed by atoms with E-state index in [1.807, 2.05) is 114 Å². The van der Waals surface area contributed by atoms with Gasteiger partial charge in [0.05, 0.1) is 22.3 Å². The van der Waals surface area contributed by atoms with Gasteiger partial charge in [0.15, 0.2) is 0 Å². The first-order valence-electron chi connectivity index (χ1n) is 27.8. The number of aryl methyl sites for hydroxylation is 1. The molecule has 0 aliphatic rings. The zero-order valence-corrected chi connectivity index (χ0v) is 37.5. The van der Waals surface area contributed by atoms with Crippen LogP contribution in [0.25, 0.3) is 83.9 Å². The van der Waals surface area contributed by atoms with Gasteiger partial charge in [-0.3, -0.25) is 9.55 Å². The smallest absolute Gasteiger partial charge is 0.149 e. The SMILES string of the molecule is [2H]C([2H])([2H])c1cc(-c2ccccc2)cc(-n2c(-c3cc(C(C)(C)C)cc(C(C)(C)C)c3O)nc3c(-c4cc(-c5ccccc5)cc(-c5cc(-c6ccc(C(C([2H])([2H])[2H])(C([2H])([2H])[2H])C([2H])([2H])[2H])cc6)ccn5)c4)cccc32)c1. The molecule has 9 aromatic rings. The lowest BCUT2D eigenvalue weighted by Gasteiger charge is -2.27. The maximum absolute atomic E-state index is 12.5. The number of hydrogen-bond donors (Lipinski definition) is 1. The summed E-state index contributed by atoms with van der Waals surface area (Å²) in [5, 5.41) is 12.5. The molecule has 4 heteroatoms. The van der Waals surface area contributed by atoms with Gasteiger partial charge in [-0.2, -0.15) is 0 Å². The number of aromatic nitrogens is 3. The summed E-state index contributed by atoms with van der Waals surface area (Å²) in [6.45, 7) is -0.122. The van der Waals surface area contributed by atoms with Gasteiger partial charge in [-0.15, -0.1) is 0 Å². The van der Waals surface area contributed by atoms with Crippen LogP contribution in [0.2, 0.25) is 0 Å². The highest BCUT2D eigenvalue weighted by molar-refractivity contribution is 5.98. The summed E-state index contributed by atoms with van der Waals surface area (Å²) in [4.78, 5) is 10.3. The van der Waals surface area contributed by atoms with Gasteiger partial charge in [0.1, 0.15) is 11.6 Å². The minimum atomic E-state index is -3.40. The van der Waals surface area contributed by atoms with Crippen LogP contribution >= 0.6 is 0 Å². The van der Waals surface area contributed by atoms with Crippen molar-refractivity contribution >= 4 is 11.0 Å². The number of hydrogen-bond acceptors (Lipinski definition) is 3. The molecule has 2 heterocycles. The molecule has 0 atom stereocenters. The van der Waals surface area contributed by atoms with Crippen LogP contribution < -0.4 is 0 Å². The van der Waals surface area contributed by atoms with E-state index in [1.54, 1.807) is 24.4 Å². The predicted molar refractivity (Wildman–Crippen MR) is 274 cm³/mol. The molecule has 0 saturated carbocycles. The molecule has 0 aliphatic carbocycles. The van der Waals surface area contributed by atoms with Gasteiger partial charge in [-0.1, -0.05) is 171 Å². The highest BCUT2D eigenvalue weighted by Gasteiger charge is 2.29. The number of fused-ring (bicyclic) bond motifs is 1. The zero-order valence-electron chi connectivity index (χ0n) is 49.5. The Hall–Kier alpha value is -7.04. The highest BCUT2D eigenvalue weighted by Crippen LogP contribution is 2.45. The fourth-order valence-electron chi connectivity index (χ4n) is 8.53. The Bertz CT molecular complexity index is 3620. The number of para-hydroxylation sites is 1. The Balaban J connectivity index is 1.29. The molecule has 0 bridgehead atoms. The Morgan fingerprint density at radius 1 is 0.492 bits per heavy atom. The van der Waals surface area contributed by atoms with Crippen LogP contribution in [-0.2, 0) is 16.2 Å². The van der Waals surface area contributed by atoms with Crippen molar-refractivity contribution < 1.29 is 21.6 Å². The first-order valence-corrected chi connectivity index (χ1v) is 21.8. The van der Waals surface area contributed by atoms with Crippen LogP contribution in [0.5, 0.6) is 5.75 Å². The quantitative estimate of drug-likeness (QED) is 0.174. The third kappa shape index (κ3) is 8.66. The van der Waals surface area contributed by atoms with E-state index in [0.717, 1.165) is 44.5 Å². The fraction of sp³-hybridized carbons (Fsp3) is 0.213. The standard InChI is InChI=1S/C61H59N3O/c1-39-30-44(40-18-13-11-14-19-40)35-50(31-39)64-55-23-17-22-51(56(55)63-58(64)52-37-49(60(5,6)7)38-53(57(52)65)61(8,9)10)46-32-45(41-20-15-12-16-21-41)33-47(34-46)54-36-43(28-29-62-54)42-24-26-48(27-25-42)59(2,3)4/h11-38,65H,1-10H3/i1D3,2D3,3D3,4D3. The van der Waals surface area contributed by atoms with Gasteiger partial charge >= 0.3 is 0 Å². The summed E-state index contributed by atoms with van der Waals surface area (Å²) in [6, 6.07) is 50.1. The zero-order chi connectivity index (χ0) is 55.8.